The lowest BCUT2D eigenvalue weighted by Gasteiger charge is -2.35. The van der Waals surface area contributed by atoms with Gasteiger partial charge in [0.1, 0.15) is 12.2 Å². The molecule has 23 heteroatoms. The smallest absolute Gasteiger partial charge is 0.429 e. The highest BCUT2D eigenvalue weighted by Crippen LogP contribution is 2.26. The molecule has 486 valence electrons. The van der Waals surface area contributed by atoms with E-state index in [0.29, 0.717) is 32.3 Å². The van der Waals surface area contributed by atoms with Crippen LogP contribution in [0.25, 0.3) is 0 Å². The maximum Gasteiger partial charge on any atom is 0.508 e. The minimum Gasteiger partial charge on any atom is -0.429 e. The summed E-state index contributed by atoms with van der Waals surface area (Å²) in [7, 11) is 0. The molecule has 0 fully saturated rings. The van der Waals surface area contributed by atoms with E-state index in [9.17, 15) is 40.5 Å². The maximum absolute atomic E-state index is 13.0. The first kappa shape index (κ1) is 79.5. The van der Waals surface area contributed by atoms with E-state index in [2.05, 4.69) is 13.8 Å². The van der Waals surface area contributed by atoms with Gasteiger partial charge in [-0.25, -0.2) is 4.79 Å². The van der Waals surface area contributed by atoms with Gasteiger partial charge in [-0.1, -0.05) is 48.0 Å². The number of aliphatic hydroxyl groups excluding tert-OH is 7. The van der Waals surface area contributed by atoms with Crippen molar-refractivity contribution in [3.05, 3.63) is 0 Å². The summed E-state index contributed by atoms with van der Waals surface area (Å²) in [5.74, 6) is 0.285. The second kappa shape index (κ2) is 47.6. The number of carbonyl (C=O) groups excluding carboxylic acids is 1. The Morgan fingerprint density at radius 1 is 0.309 bits per heavy atom. The Morgan fingerprint density at radius 2 is 0.556 bits per heavy atom. The van der Waals surface area contributed by atoms with Crippen LogP contribution in [0.15, 0.2) is 0 Å². The molecule has 0 bridgehead atoms. The van der Waals surface area contributed by atoms with Crippen molar-refractivity contribution in [3.63, 3.8) is 0 Å². The van der Waals surface area contributed by atoms with E-state index in [1.54, 1.807) is 41.5 Å². The van der Waals surface area contributed by atoms with Gasteiger partial charge in [-0.05, 0) is 80.1 Å². The van der Waals surface area contributed by atoms with Crippen LogP contribution in [0.4, 0.5) is 4.79 Å². The molecule has 81 heavy (non-hydrogen) atoms. The predicted octanol–water partition coefficient (Wildman–Crippen LogP) is 4.14. The highest BCUT2D eigenvalue weighted by Gasteiger charge is 2.37. The van der Waals surface area contributed by atoms with Crippen molar-refractivity contribution in [2.24, 2.45) is 22.2 Å². The van der Waals surface area contributed by atoms with Crippen LogP contribution in [-0.4, -0.2) is 268 Å². The first-order chi connectivity index (χ1) is 38.4. The van der Waals surface area contributed by atoms with E-state index in [1.807, 2.05) is 34.6 Å². The molecule has 0 saturated heterocycles. The van der Waals surface area contributed by atoms with Gasteiger partial charge in [-0.2, -0.15) is 0 Å². The summed E-state index contributed by atoms with van der Waals surface area (Å²) in [6.07, 6.45) is -4.85. The van der Waals surface area contributed by atoms with Crippen LogP contribution < -0.4 is 0 Å². The summed E-state index contributed by atoms with van der Waals surface area (Å²) in [6, 6.07) is 0. The fourth-order valence-electron chi connectivity index (χ4n) is 7.49. The third-order valence-electron chi connectivity index (χ3n) is 12.6. The number of hydrogen-bond acceptors (Lipinski definition) is 23. The van der Waals surface area contributed by atoms with Crippen molar-refractivity contribution < 1.29 is 112 Å². The molecule has 0 aliphatic carbocycles. The highest BCUT2D eigenvalue weighted by molar-refractivity contribution is 5.60. The largest absolute Gasteiger partial charge is 0.508 e. The van der Waals surface area contributed by atoms with E-state index < -0.39 is 77.3 Å². The number of aliphatic hydroxyl groups is 7. The molecule has 0 aliphatic heterocycles. The molecule has 0 amide bonds. The molecular weight excluding hydrogens is 1060 g/mol. The Hall–Kier alpha value is -1.53. The molecule has 0 aromatic carbocycles. The van der Waals surface area contributed by atoms with Crippen LogP contribution in [0.1, 0.15) is 122 Å². The zero-order valence-electron chi connectivity index (χ0n) is 52.1. The molecule has 0 aromatic heterocycles. The van der Waals surface area contributed by atoms with Crippen molar-refractivity contribution >= 4 is 6.16 Å². The Kier molecular flexibility index (Phi) is 46.7. The first-order valence-corrected chi connectivity index (χ1v) is 29.6. The lowest BCUT2D eigenvalue weighted by Crippen LogP contribution is -2.44. The molecule has 0 rings (SSSR count). The quantitative estimate of drug-likeness (QED) is 0.0421. The number of carbonyl (C=O) groups is 1. The van der Waals surface area contributed by atoms with Gasteiger partial charge in [-0.15, -0.1) is 0 Å². The van der Waals surface area contributed by atoms with Crippen LogP contribution in [-0.2, 0) is 71.1 Å². The van der Waals surface area contributed by atoms with Crippen LogP contribution >= 0.6 is 0 Å². The highest BCUT2D eigenvalue weighted by atomic mass is 16.7. The summed E-state index contributed by atoms with van der Waals surface area (Å²) < 4.78 is 90.1. The van der Waals surface area contributed by atoms with Gasteiger partial charge < -0.3 is 107 Å². The minimum atomic E-state index is -0.934. The van der Waals surface area contributed by atoms with Crippen LogP contribution in [0.2, 0.25) is 0 Å². The van der Waals surface area contributed by atoms with Crippen molar-refractivity contribution in [2.45, 2.75) is 189 Å². The predicted molar refractivity (Wildman–Crippen MR) is 303 cm³/mol. The maximum atomic E-state index is 13.0. The first-order valence-electron chi connectivity index (χ1n) is 29.6. The third-order valence-corrected chi connectivity index (χ3v) is 12.6. The average Bonchev–Trinajstić information content (AvgIpc) is 3.39. The summed E-state index contributed by atoms with van der Waals surface area (Å²) in [6.45, 7) is 26.2. The Balaban J connectivity index is 5.96. The van der Waals surface area contributed by atoms with Gasteiger partial charge in [0.2, 0.25) is 0 Å². The zero-order valence-corrected chi connectivity index (χ0v) is 52.1. The number of hydrogen-bond donors (Lipinski definition) is 7. The molecule has 0 aliphatic rings. The lowest BCUT2D eigenvalue weighted by atomic mass is 9.92. The van der Waals surface area contributed by atoms with Crippen molar-refractivity contribution in [1.82, 2.24) is 0 Å². The van der Waals surface area contributed by atoms with Crippen LogP contribution in [0.5, 0.6) is 0 Å². The normalized spacial score (nSPS) is 19.0. The van der Waals surface area contributed by atoms with Gasteiger partial charge >= 0.3 is 6.16 Å². The molecule has 0 radical (unpaired) electrons. The van der Waals surface area contributed by atoms with Crippen LogP contribution in [0.3, 0.4) is 0 Å². The van der Waals surface area contributed by atoms with E-state index in [1.165, 1.54) is 0 Å². The molecular formula is C58H116O23. The molecule has 13 unspecified atom stereocenters. The Bertz CT molecular complexity index is 1370. The molecule has 7 N–H and O–H groups in total. The summed E-state index contributed by atoms with van der Waals surface area (Å²) >= 11 is 0. The van der Waals surface area contributed by atoms with Crippen molar-refractivity contribution in [1.29, 1.82) is 0 Å². The third kappa shape index (κ3) is 42.0. The Morgan fingerprint density at radius 3 is 0.815 bits per heavy atom. The topological polar surface area (TPSA) is 297 Å². The molecule has 23 nitrogen and oxygen atoms in total. The minimum absolute atomic E-state index is 0.0111. The SMILES string of the molecule is CCC(C)COCC(COCC(C)O)(COCC(C)OC(=O)OC(C)COCC(COCC(C)O)(COCC(C)O)COCC(C)O)COCC(C)OC(CC)COCC(COCC(O)CC)(COCC(O)CC)COCC(O)CC. The van der Waals surface area contributed by atoms with Gasteiger partial charge in [-0.3, -0.25) is 0 Å². The van der Waals surface area contributed by atoms with Crippen molar-refractivity contribution in [3.8, 4) is 0 Å². The molecule has 0 aromatic rings. The van der Waals surface area contributed by atoms with E-state index >= 15 is 0 Å². The summed E-state index contributed by atoms with van der Waals surface area (Å²) in [5.41, 5.74) is -2.58. The number of ether oxygens (including phenoxy) is 15. The summed E-state index contributed by atoms with van der Waals surface area (Å²) in [4.78, 5) is 13.0. The molecule has 0 spiro atoms. The molecule has 0 heterocycles. The number of rotatable bonds is 57. The Labute approximate surface area is 486 Å². The van der Waals surface area contributed by atoms with Crippen LogP contribution in [0, 0.1) is 22.2 Å². The molecule has 13 atom stereocenters. The van der Waals surface area contributed by atoms with Gasteiger partial charge in [0.25, 0.3) is 0 Å². The average molecular weight is 1180 g/mol. The zero-order chi connectivity index (χ0) is 61.1. The fourth-order valence-corrected chi connectivity index (χ4v) is 7.49. The monoisotopic (exact) mass is 1180 g/mol. The van der Waals surface area contributed by atoms with E-state index in [4.69, 9.17) is 71.1 Å². The second-order valence-electron chi connectivity index (χ2n) is 22.9. The molecule has 0 saturated carbocycles. The van der Waals surface area contributed by atoms with Gasteiger partial charge in [0, 0.05) is 6.61 Å². The summed E-state index contributed by atoms with van der Waals surface area (Å²) in [5, 5.41) is 70.3. The standard InChI is InChI=1S/C58H116O23/c1-14-43(6)19-67-31-56(32-68-20-44(7)59,37-73-25-49(12)80-55(66)81-50(13)26-74-38-57(33-69-21-45(8)60,34-70-22-46(9)61)35-71-23-47(10)62)36-72-24-48(11)79-54(18-5)30-78-42-58(39-75-27-51(63)15-2,40-76-28-52(64)16-3)41-77-29-53(65)17-4/h43-54,59-65H,14-42H2,1-13H3. The lowest BCUT2D eigenvalue weighted by molar-refractivity contribution is -0.147. The van der Waals surface area contributed by atoms with Gasteiger partial charge in [0.15, 0.2) is 0 Å². The van der Waals surface area contributed by atoms with E-state index in [-0.39, 0.29) is 170 Å². The second-order valence-corrected chi connectivity index (χ2v) is 22.9. The van der Waals surface area contributed by atoms with Crippen molar-refractivity contribution in [2.75, 3.05) is 159 Å². The fraction of sp³-hybridized carbons (Fsp3) is 0.983. The van der Waals surface area contributed by atoms with E-state index in [0.717, 1.165) is 6.42 Å². The van der Waals surface area contributed by atoms with Gasteiger partial charge in [0.05, 0.1) is 223 Å².